The molecular formula is C14H20N2O4Si. The fraction of sp³-hybridized carbons (Fsp3) is 0.429. The van der Waals surface area contributed by atoms with Crippen LogP contribution in [0.1, 0.15) is 26.7 Å². The lowest BCUT2D eigenvalue weighted by atomic mass is 10.3. The molecule has 0 unspecified atom stereocenters. The number of amides is 2. The highest BCUT2D eigenvalue weighted by atomic mass is 28.3. The van der Waals surface area contributed by atoms with Gasteiger partial charge in [0, 0.05) is 0 Å². The lowest BCUT2D eigenvalue weighted by Crippen LogP contribution is -2.20. The Morgan fingerprint density at radius 3 is 2.14 bits per heavy atom. The first-order valence-corrected chi connectivity index (χ1v) is 9.15. The van der Waals surface area contributed by atoms with Gasteiger partial charge in [0.1, 0.15) is 5.75 Å². The quantitative estimate of drug-likeness (QED) is 0.579. The Bertz CT molecular complexity index is 473. The number of ether oxygens (including phenoxy) is 1. The van der Waals surface area contributed by atoms with Crippen LogP contribution in [-0.2, 0) is 4.43 Å². The van der Waals surface area contributed by atoms with Crippen LogP contribution in [0.25, 0.3) is 0 Å². The van der Waals surface area contributed by atoms with E-state index < -0.39 is 21.2 Å². The van der Waals surface area contributed by atoms with Crippen molar-refractivity contribution in [1.29, 1.82) is 0 Å². The number of hydrogen-bond acceptors (Lipinski definition) is 4. The second kappa shape index (κ2) is 9.81. The molecule has 2 amide bonds. The lowest BCUT2D eigenvalue weighted by molar-refractivity contribution is 0.200. The molecule has 0 N–H and O–H groups in total. The predicted octanol–water partition coefficient (Wildman–Crippen LogP) is 4.32. The standard InChI is InChI=1S/C14H20N2O4Si/c1-3-10-21(11-4-2)20-14(18)16-15-13(17)19-12-8-6-5-7-9-12/h5-9,21H,3-4,10-11H2,1-2H3. The molecule has 114 valence electrons. The maximum Gasteiger partial charge on any atom is 0.458 e. The zero-order chi connectivity index (χ0) is 15.5. The van der Waals surface area contributed by atoms with Crippen molar-refractivity contribution in [2.24, 2.45) is 10.2 Å². The Balaban J connectivity index is 2.43. The number of nitrogens with zero attached hydrogens (tertiary/aromatic N) is 2. The number of rotatable bonds is 6. The van der Waals surface area contributed by atoms with Crippen molar-refractivity contribution >= 4 is 21.2 Å². The Morgan fingerprint density at radius 1 is 1.00 bits per heavy atom. The molecule has 0 aromatic heterocycles. The molecule has 0 heterocycles. The van der Waals surface area contributed by atoms with E-state index in [-0.39, 0.29) is 0 Å². The zero-order valence-electron chi connectivity index (χ0n) is 12.3. The molecule has 0 bridgehead atoms. The average Bonchev–Trinajstić information content (AvgIpc) is 2.47. The van der Waals surface area contributed by atoms with Gasteiger partial charge in [0.25, 0.3) is 0 Å². The third-order valence-corrected chi connectivity index (χ3v) is 5.63. The van der Waals surface area contributed by atoms with Gasteiger partial charge in [0.05, 0.1) is 0 Å². The maximum atomic E-state index is 11.5. The third kappa shape index (κ3) is 7.36. The van der Waals surface area contributed by atoms with Crippen LogP contribution in [-0.4, -0.2) is 21.2 Å². The summed E-state index contributed by atoms with van der Waals surface area (Å²) in [6.45, 7) is 4.09. The molecule has 21 heavy (non-hydrogen) atoms. The van der Waals surface area contributed by atoms with E-state index in [1.54, 1.807) is 30.3 Å². The topological polar surface area (TPSA) is 77.3 Å². The summed E-state index contributed by atoms with van der Waals surface area (Å²) in [6.07, 6.45) is 0.190. The van der Waals surface area contributed by atoms with E-state index in [2.05, 4.69) is 10.2 Å². The number of para-hydroxylation sites is 1. The van der Waals surface area contributed by atoms with Crippen LogP contribution in [0.3, 0.4) is 0 Å². The minimum Gasteiger partial charge on any atom is -0.504 e. The first kappa shape index (κ1) is 17.0. The Hall–Kier alpha value is -2.02. The summed E-state index contributed by atoms with van der Waals surface area (Å²) >= 11 is 0. The smallest absolute Gasteiger partial charge is 0.458 e. The zero-order valence-corrected chi connectivity index (χ0v) is 13.5. The maximum absolute atomic E-state index is 11.5. The highest BCUT2D eigenvalue weighted by Crippen LogP contribution is 2.10. The molecule has 0 aliphatic rings. The fourth-order valence-electron chi connectivity index (χ4n) is 1.76. The molecule has 0 aliphatic carbocycles. The minimum absolute atomic E-state index is 0.346. The van der Waals surface area contributed by atoms with E-state index in [1.165, 1.54) is 0 Å². The van der Waals surface area contributed by atoms with E-state index in [0.29, 0.717) is 5.75 Å². The summed E-state index contributed by atoms with van der Waals surface area (Å²) in [4.78, 5) is 22.9. The van der Waals surface area contributed by atoms with Crippen molar-refractivity contribution in [3.63, 3.8) is 0 Å². The number of hydrogen-bond donors (Lipinski definition) is 0. The van der Waals surface area contributed by atoms with E-state index in [0.717, 1.165) is 24.9 Å². The molecule has 0 saturated heterocycles. The molecule has 6 nitrogen and oxygen atoms in total. The Kier molecular flexibility index (Phi) is 7.96. The van der Waals surface area contributed by atoms with Crippen LogP contribution < -0.4 is 4.74 Å². The van der Waals surface area contributed by atoms with Gasteiger partial charge in [-0.15, -0.1) is 0 Å². The lowest BCUT2D eigenvalue weighted by Gasteiger charge is -2.11. The third-order valence-electron chi connectivity index (χ3n) is 2.65. The molecule has 0 spiro atoms. The second-order valence-electron chi connectivity index (χ2n) is 4.46. The van der Waals surface area contributed by atoms with Crippen LogP contribution in [0.15, 0.2) is 40.6 Å². The van der Waals surface area contributed by atoms with Crippen molar-refractivity contribution in [2.45, 2.75) is 38.8 Å². The molecule has 0 atom stereocenters. The molecule has 1 aromatic carbocycles. The van der Waals surface area contributed by atoms with E-state index in [9.17, 15) is 9.59 Å². The molecule has 1 aromatic rings. The van der Waals surface area contributed by atoms with Crippen molar-refractivity contribution in [3.8, 4) is 5.75 Å². The van der Waals surface area contributed by atoms with Gasteiger partial charge in [0.15, 0.2) is 0 Å². The van der Waals surface area contributed by atoms with Gasteiger partial charge in [-0.2, -0.15) is 0 Å². The summed E-state index contributed by atoms with van der Waals surface area (Å²) in [5.74, 6) is 0.346. The molecule has 0 aliphatic heterocycles. The number of carbonyl (C=O) groups is 2. The predicted molar refractivity (Wildman–Crippen MR) is 81.1 cm³/mol. The summed E-state index contributed by atoms with van der Waals surface area (Å²) in [7, 11) is -1.58. The fourth-order valence-corrected chi connectivity index (χ4v) is 3.91. The second-order valence-corrected chi connectivity index (χ2v) is 7.10. The first-order chi connectivity index (χ1) is 10.2. The monoisotopic (exact) mass is 308 g/mol. The van der Waals surface area contributed by atoms with Gasteiger partial charge < -0.3 is 9.16 Å². The molecule has 7 heteroatoms. The minimum atomic E-state index is -1.58. The van der Waals surface area contributed by atoms with Crippen molar-refractivity contribution < 1.29 is 18.8 Å². The summed E-state index contributed by atoms with van der Waals surface area (Å²) in [5, 5.41) is 6.45. The van der Waals surface area contributed by atoms with Crippen LogP contribution in [0.5, 0.6) is 5.75 Å². The van der Waals surface area contributed by atoms with Gasteiger partial charge in [-0.1, -0.05) is 55.1 Å². The normalized spacial score (nSPS) is 10.8. The van der Waals surface area contributed by atoms with Gasteiger partial charge in [0.2, 0.25) is 9.04 Å². The van der Waals surface area contributed by atoms with Crippen LogP contribution in [0, 0.1) is 0 Å². The number of azo groups is 1. The summed E-state index contributed by atoms with van der Waals surface area (Å²) < 4.78 is 10.1. The molecular weight excluding hydrogens is 288 g/mol. The van der Waals surface area contributed by atoms with Crippen LogP contribution in [0.2, 0.25) is 12.1 Å². The number of benzene rings is 1. The Morgan fingerprint density at radius 2 is 1.57 bits per heavy atom. The van der Waals surface area contributed by atoms with Gasteiger partial charge in [-0.25, -0.2) is 9.59 Å². The van der Waals surface area contributed by atoms with Crippen LogP contribution in [0.4, 0.5) is 9.59 Å². The largest absolute Gasteiger partial charge is 0.504 e. The summed E-state index contributed by atoms with van der Waals surface area (Å²) in [6, 6.07) is 10.3. The van der Waals surface area contributed by atoms with Gasteiger partial charge >= 0.3 is 12.2 Å². The SMILES string of the molecule is CCC[SiH](CCC)OC(=O)N=NC(=O)Oc1ccccc1. The van der Waals surface area contributed by atoms with E-state index in [4.69, 9.17) is 9.16 Å². The molecule has 0 radical (unpaired) electrons. The molecule has 0 fully saturated rings. The van der Waals surface area contributed by atoms with Crippen molar-refractivity contribution in [2.75, 3.05) is 0 Å². The Labute approximate surface area is 125 Å². The summed E-state index contributed by atoms with van der Waals surface area (Å²) in [5.41, 5.74) is 0. The molecule has 0 saturated carbocycles. The van der Waals surface area contributed by atoms with Crippen molar-refractivity contribution in [1.82, 2.24) is 0 Å². The van der Waals surface area contributed by atoms with Gasteiger partial charge in [-0.3, -0.25) is 0 Å². The highest BCUT2D eigenvalue weighted by molar-refractivity contribution is 6.53. The average molecular weight is 308 g/mol. The van der Waals surface area contributed by atoms with E-state index >= 15 is 0 Å². The van der Waals surface area contributed by atoms with Crippen molar-refractivity contribution in [3.05, 3.63) is 30.3 Å². The number of carbonyl (C=O) groups excluding carboxylic acids is 2. The van der Waals surface area contributed by atoms with Gasteiger partial charge in [-0.05, 0) is 24.2 Å². The highest BCUT2D eigenvalue weighted by Gasteiger charge is 2.15. The van der Waals surface area contributed by atoms with E-state index in [1.807, 2.05) is 13.8 Å². The molecule has 1 rings (SSSR count). The van der Waals surface area contributed by atoms with Crippen LogP contribution >= 0.6 is 0 Å². The first-order valence-electron chi connectivity index (χ1n) is 7.04.